The van der Waals surface area contributed by atoms with Crippen molar-refractivity contribution < 1.29 is 4.39 Å². The zero-order chi connectivity index (χ0) is 15.5. The highest BCUT2D eigenvalue weighted by Crippen LogP contribution is 2.27. The first kappa shape index (κ1) is 14.5. The van der Waals surface area contributed by atoms with Gasteiger partial charge in [0.2, 0.25) is 5.95 Å². The third-order valence-corrected chi connectivity index (χ3v) is 3.96. The molecule has 4 nitrogen and oxygen atoms in total. The Balaban J connectivity index is 1.81. The fraction of sp³-hybridized carbons (Fsp3) is 0.294. The van der Waals surface area contributed by atoms with Gasteiger partial charge in [0.25, 0.3) is 0 Å². The molecule has 1 aliphatic heterocycles. The smallest absolute Gasteiger partial charge is 0.221 e. The fourth-order valence-electron chi connectivity index (χ4n) is 2.72. The summed E-state index contributed by atoms with van der Waals surface area (Å²) in [7, 11) is 0. The van der Waals surface area contributed by atoms with Gasteiger partial charge in [-0.3, -0.25) is 0 Å². The Hall–Kier alpha value is -2.43. The van der Waals surface area contributed by atoms with Crippen molar-refractivity contribution in [1.29, 1.82) is 0 Å². The summed E-state index contributed by atoms with van der Waals surface area (Å²) in [6, 6.07) is 6.67. The second-order valence-electron chi connectivity index (χ2n) is 5.36. The number of halogens is 1. The molecule has 0 bridgehead atoms. The molecule has 5 heteroatoms. The van der Waals surface area contributed by atoms with E-state index in [4.69, 9.17) is 5.73 Å². The van der Waals surface area contributed by atoms with Crippen molar-refractivity contribution in [3.8, 4) is 0 Å². The van der Waals surface area contributed by atoms with E-state index in [9.17, 15) is 4.39 Å². The molecule has 0 aliphatic carbocycles. The maximum absolute atomic E-state index is 13.0. The van der Waals surface area contributed by atoms with Crippen LogP contribution in [0.3, 0.4) is 0 Å². The molecule has 2 aromatic rings. The van der Waals surface area contributed by atoms with Gasteiger partial charge in [-0.25, -0.2) is 9.37 Å². The van der Waals surface area contributed by atoms with Crippen molar-refractivity contribution in [1.82, 2.24) is 9.97 Å². The van der Waals surface area contributed by atoms with E-state index in [-0.39, 0.29) is 5.82 Å². The van der Waals surface area contributed by atoms with Crippen molar-refractivity contribution in [3.63, 3.8) is 0 Å². The number of nitrogens with two attached hydrogens (primary N) is 1. The van der Waals surface area contributed by atoms with Gasteiger partial charge in [-0.2, -0.15) is 4.98 Å². The van der Waals surface area contributed by atoms with Gasteiger partial charge in [-0.15, -0.1) is 0 Å². The molecule has 0 saturated carbocycles. The van der Waals surface area contributed by atoms with Crippen LogP contribution in [0.5, 0.6) is 0 Å². The Labute approximate surface area is 129 Å². The quantitative estimate of drug-likeness (QED) is 0.946. The molecule has 0 spiro atoms. The van der Waals surface area contributed by atoms with Crippen LogP contribution in [0.4, 0.5) is 16.2 Å². The molecule has 2 heterocycles. The number of aryl methyl sites for hydroxylation is 1. The molecular weight excluding hydrogens is 279 g/mol. The van der Waals surface area contributed by atoms with E-state index in [2.05, 4.69) is 27.9 Å². The van der Waals surface area contributed by atoms with Gasteiger partial charge in [0.15, 0.2) is 0 Å². The summed E-state index contributed by atoms with van der Waals surface area (Å²) in [5.74, 6) is 1.02. The molecule has 1 aromatic carbocycles. The van der Waals surface area contributed by atoms with Gasteiger partial charge < -0.3 is 10.6 Å². The molecule has 0 unspecified atom stereocenters. The highest BCUT2D eigenvalue weighted by molar-refractivity contribution is 5.68. The van der Waals surface area contributed by atoms with Gasteiger partial charge in [0.1, 0.15) is 11.6 Å². The Morgan fingerprint density at radius 2 is 2.05 bits per heavy atom. The molecule has 2 N–H and O–H groups in total. The van der Waals surface area contributed by atoms with Crippen LogP contribution in [-0.2, 0) is 6.42 Å². The Bertz CT molecular complexity index is 694. The van der Waals surface area contributed by atoms with E-state index < -0.39 is 0 Å². The average Bonchev–Trinajstić information content (AvgIpc) is 2.56. The minimum atomic E-state index is -0.203. The molecular formula is C17H19FN4. The summed E-state index contributed by atoms with van der Waals surface area (Å²) < 4.78 is 13.0. The molecule has 1 aromatic heterocycles. The van der Waals surface area contributed by atoms with Crippen LogP contribution in [0.25, 0.3) is 5.57 Å². The predicted molar refractivity (Wildman–Crippen MR) is 87.0 cm³/mol. The minimum absolute atomic E-state index is 0.203. The lowest BCUT2D eigenvalue weighted by Crippen LogP contribution is -2.30. The number of benzene rings is 1. The van der Waals surface area contributed by atoms with Crippen molar-refractivity contribution >= 4 is 17.3 Å². The number of rotatable bonds is 3. The molecule has 0 saturated heterocycles. The molecule has 3 rings (SSSR count). The van der Waals surface area contributed by atoms with E-state index in [1.54, 1.807) is 6.20 Å². The predicted octanol–water partition coefficient (Wildman–Crippen LogP) is 3.05. The second-order valence-corrected chi connectivity index (χ2v) is 5.36. The Morgan fingerprint density at radius 3 is 2.68 bits per heavy atom. The maximum Gasteiger partial charge on any atom is 0.221 e. The topological polar surface area (TPSA) is 55.0 Å². The fourth-order valence-corrected chi connectivity index (χ4v) is 2.72. The summed E-state index contributed by atoms with van der Waals surface area (Å²) in [5.41, 5.74) is 9.16. The van der Waals surface area contributed by atoms with Crippen LogP contribution in [0, 0.1) is 5.82 Å². The lowest BCUT2D eigenvalue weighted by atomic mass is 9.99. The van der Waals surface area contributed by atoms with Gasteiger partial charge in [0, 0.05) is 24.8 Å². The second kappa shape index (κ2) is 6.13. The first-order valence-electron chi connectivity index (χ1n) is 7.48. The summed E-state index contributed by atoms with van der Waals surface area (Å²) >= 11 is 0. The Kier molecular flexibility index (Phi) is 4.04. The van der Waals surface area contributed by atoms with E-state index in [1.165, 1.54) is 17.7 Å². The van der Waals surface area contributed by atoms with Crippen LogP contribution in [-0.4, -0.2) is 23.1 Å². The van der Waals surface area contributed by atoms with Crippen LogP contribution < -0.4 is 10.6 Å². The number of aromatic nitrogens is 2. The SMILES string of the molecule is CCc1cnc(N)nc1N1CC=C(c2ccc(F)cc2)CC1. The maximum atomic E-state index is 13.0. The number of anilines is 2. The number of hydrogen-bond donors (Lipinski definition) is 1. The van der Waals surface area contributed by atoms with E-state index in [0.29, 0.717) is 5.95 Å². The molecule has 0 atom stereocenters. The molecule has 22 heavy (non-hydrogen) atoms. The summed E-state index contributed by atoms with van der Waals surface area (Å²) in [6.45, 7) is 3.73. The van der Waals surface area contributed by atoms with Crippen molar-refractivity contribution in [2.45, 2.75) is 19.8 Å². The molecule has 0 fully saturated rings. The van der Waals surface area contributed by atoms with Crippen LogP contribution in [0.15, 0.2) is 36.5 Å². The zero-order valence-corrected chi connectivity index (χ0v) is 12.6. The lowest BCUT2D eigenvalue weighted by Gasteiger charge is -2.29. The van der Waals surface area contributed by atoms with Crippen LogP contribution in [0.1, 0.15) is 24.5 Å². The molecule has 0 amide bonds. The molecule has 114 valence electrons. The highest BCUT2D eigenvalue weighted by Gasteiger charge is 2.17. The van der Waals surface area contributed by atoms with Gasteiger partial charge in [0.05, 0.1) is 0 Å². The van der Waals surface area contributed by atoms with E-state index >= 15 is 0 Å². The van der Waals surface area contributed by atoms with Gasteiger partial charge in [-0.1, -0.05) is 25.1 Å². The van der Waals surface area contributed by atoms with E-state index in [0.717, 1.165) is 42.9 Å². The standard InChI is InChI=1S/C17H19FN4/c1-2-12-11-20-17(19)21-16(12)22-9-7-14(8-10-22)13-3-5-15(18)6-4-13/h3-7,11H,2,8-10H2,1H3,(H2,19,20,21). The van der Waals surface area contributed by atoms with Crippen molar-refractivity contribution in [2.75, 3.05) is 23.7 Å². The number of nitrogens with zero attached hydrogens (tertiary/aromatic N) is 3. The lowest BCUT2D eigenvalue weighted by molar-refractivity contribution is 0.627. The molecule has 1 aliphatic rings. The van der Waals surface area contributed by atoms with Gasteiger partial charge >= 0.3 is 0 Å². The van der Waals surface area contributed by atoms with Crippen molar-refractivity contribution in [2.24, 2.45) is 0 Å². The average molecular weight is 298 g/mol. The third-order valence-electron chi connectivity index (χ3n) is 3.96. The number of nitrogen functional groups attached to an aromatic ring is 1. The summed E-state index contributed by atoms with van der Waals surface area (Å²) in [4.78, 5) is 10.7. The first-order valence-corrected chi connectivity index (χ1v) is 7.48. The summed E-state index contributed by atoms with van der Waals surface area (Å²) in [6.07, 6.45) is 5.75. The first-order chi connectivity index (χ1) is 10.7. The Morgan fingerprint density at radius 1 is 1.27 bits per heavy atom. The largest absolute Gasteiger partial charge is 0.368 e. The highest BCUT2D eigenvalue weighted by atomic mass is 19.1. The third kappa shape index (κ3) is 2.93. The molecule has 0 radical (unpaired) electrons. The monoisotopic (exact) mass is 298 g/mol. The zero-order valence-electron chi connectivity index (χ0n) is 12.6. The summed E-state index contributed by atoms with van der Waals surface area (Å²) in [5, 5.41) is 0. The minimum Gasteiger partial charge on any atom is -0.368 e. The van der Waals surface area contributed by atoms with Crippen LogP contribution in [0.2, 0.25) is 0 Å². The van der Waals surface area contributed by atoms with Crippen LogP contribution >= 0.6 is 0 Å². The normalized spacial score (nSPS) is 14.8. The number of hydrogen-bond acceptors (Lipinski definition) is 4. The van der Waals surface area contributed by atoms with Gasteiger partial charge in [-0.05, 0) is 36.1 Å². The van der Waals surface area contributed by atoms with Crippen molar-refractivity contribution in [3.05, 3.63) is 53.5 Å². The van der Waals surface area contributed by atoms with E-state index in [1.807, 2.05) is 12.1 Å².